The maximum absolute atomic E-state index is 12.6. The molecule has 0 amide bonds. The predicted octanol–water partition coefficient (Wildman–Crippen LogP) is 2.39. The fourth-order valence-electron chi connectivity index (χ4n) is 2.69. The molecule has 8 heteroatoms. The second-order valence-corrected chi connectivity index (χ2v) is 6.10. The Balaban J connectivity index is 1.90. The van der Waals surface area contributed by atoms with Crippen LogP contribution in [0.25, 0.3) is 0 Å². The van der Waals surface area contributed by atoms with E-state index >= 15 is 0 Å². The van der Waals surface area contributed by atoms with Gasteiger partial charge in [0.25, 0.3) is 5.56 Å². The average Bonchev–Trinajstić information content (AvgIpc) is 2.58. The molecule has 3 rings (SSSR count). The average molecular weight is 364 g/mol. The monoisotopic (exact) mass is 363 g/mol. The van der Waals surface area contributed by atoms with Crippen LogP contribution in [0.1, 0.15) is 25.5 Å². The molecule has 2 aromatic rings. The van der Waals surface area contributed by atoms with E-state index in [2.05, 4.69) is 10.3 Å². The fourth-order valence-corrected chi connectivity index (χ4v) is 2.81. The van der Waals surface area contributed by atoms with Crippen LogP contribution in [0.4, 0.5) is 5.69 Å². The lowest BCUT2D eigenvalue weighted by Crippen LogP contribution is -2.38. The smallest absolute Gasteiger partial charge is 0.326 e. The normalized spacial score (nSPS) is 18.7. The van der Waals surface area contributed by atoms with Gasteiger partial charge in [0, 0.05) is 5.02 Å². The molecule has 132 valence electrons. The summed E-state index contributed by atoms with van der Waals surface area (Å²) in [6, 6.07) is 7.07. The highest BCUT2D eigenvalue weighted by Crippen LogP contribution is 2.33. The lowest BCUT2D eigenvalue weighted by molar-refractivity contribution is -0.143. The maximum Gasteiger partial charge on any atom is 0.326 e. The molecule has 1 aromatic carbocycles. The SMILES string of the molecule is CCOC(=O)Cn1cnc2c(c1=O)N[C@H](c1ccc(Cl)cc1)[C@H](C)O2. The third kappa shape index (κ3) is 3.61. The molecule has 0 unspecified atom stereocenters. The van der Waals surface area contributed by atoms with Gasteiger partial charge >= 0.3 is 5.97 Å². The summed E-state index contributed by atoms with van der Waals surface area (Å²) in [6.45, 7) is 3.65. The highest BCUT2D eigenvalue weighted by Gasteiger charge is 2.31. The number of benzene rings is 1. The summed E-state index contributed by atoms with van der Waals surface area (Å²) >= 11 is 5.93. The molecule has 2 atom stereocenters. The van der Waals surface area contributed by atoms with E-state index in [4.69, 9.17) is 21.1 Å². The van der Waals surface area contributed by atoms with E-state index in [0.717, 1.165) is 5.56 Å². The first-order valence-corrected chi connectivity index (χ1v) is 8.31. The summed E-state index contributed by atoms with van der Waals surface area (Å²) in [7, 11) is 0. The zero-order chi connectivity index (χ0) is 18.0. The second kappa shape index (κ2) is 7.14. The van der Waals surface area contributed by atoms with Gasteiger partial charge in [-0.05, 0) is 31.5 Å². The number of ether oxygens (including phenoxy) is 2. The molecule has 25 heavy (non-hydrogen) atoms. The van der Waals surface area contributed by atoms with Crippen molar-refractivity contribution in [2.24, 2.45) is 0 Å². The topological polar surface area (TPSA) is 82.5 Å². The van der Waals surface area contributed by atoms with Crippen LogP contribution in [0.15, 0.2) is 35.4 Å². The van der Waals surface area contributed by atoms with E-state index in [1.807, 2.05) is 19.1 Å². The molecule has 0 fully saturated rings. The van der Waals surface area contributed by atoms with Crippen molar-refractivity contribution in [3.8, 4) is 5.88 Å². The molecule has 0 aliphatic carbocycles. The van der Waals surface area contributed by atoms with Gasteiger partial charge in [-0.3, -0.25) is 14.2 Å². The van der Waals surface area contributed by atoms with Crippen LogP contribution in [-0.2, 0) is 16.1 Å². The first-order valence-electron chi connectivity index (χ1n) is 7.93. The van der Waals surface area contributed by atoms with Crippen molar-refractivity contribution in [1.29, 1.82) is 0 Å². The molecular formula is C17H18ClN3O4. The Morgan fingerprint density at radius 3 is 2.80 bits per heavy atom. The van der Waals surface area contributed by atoms with Gasteiger partial charge < -0.3 is 14.8 Å². The van der Waals surface area contributed by atoms with E-state index in [1.54, 1.807) is 19.1 Å². The Morgan fingerprint density at radius 2 is 2.12 bits per heavy atom. The first kappa shape index (κ1) is 17.3. The van der Waals surface area contributed by atoms with Crippen molar-refractivity contribution < 1.29 is 14.3 Å². The zero-order valence-corrected chi connectivity index (χ0v) is 14.6. The van der Waals surface area contributed by atoms with Crippen molar-refractivity contribution in [1.82, 2.24) is 9.55 Å². The Morgan fingerprint density at radius 1 is 1.40 bits per heavy atom. The minimum atomic E-state index is -0.495. The number of halogens is 1. The van der Waals surface area contributed by atoms with Crippen molar-refractivity contribution in [2.75, 3.05) is 11.9 Å². The van der Waals surface area contributed by atoms with Gasteiger partial charge in [0.1, 0.15) is 19.0 Å². The molecule has 0 saturated heterocycles. The number of nitrogens with zero attached hydrogens (tertiary/aromatic N) is 2. The minimum Gasteiger partial charge on any atom is -0.470 e. The van der Waals surface area contributed by atoms with Gasteiger partial charge in [0.15, 0.2) is 5.69 Å². The van der Waals surface area contributed by atoms with E-state index < -0.39 is 5.97 Å². The number of hydrogen-bond acceptors (Lipinski definition) is 6. The van der Waals surface area contributed by atoms with Crippen molar-refractivity contribution in [3.05, 3.63) is 51.5 Å². The lowest BCUT2D eigenvalue weighted by atomic mass is 10.0. The number of carbonyl (C=O) groups excluding carboxylic acids is 1. The number of fused-ring (bicyclic) bond motifs is 1. The summed E-state index contributed by atoms with van der Waals surface area (Å²) in [5.74, 6) is -0.270. The largest absolute Gasteiger partial charge is 0.470 e. The summed E-state index contributed by atoms with van der Waals surface area (Å²) in [6.07, 6.45) is 1.05. The third-order valence-electron chi connectivity index (χ3n) is 3.90. The molecule has 2 heterocycles. The quantitative estimate of drug-likeness (QED) is 0.840. The van der Waals surface area contributed by atoms with Crippen LogP contribution >= 0.6 is 11.6 Å². The molecule has 0 bridgehead atoms. The van der Waals surface area contributed by atoms with E-state index in [0.29, 0.717) is 5.02 Å². The zero-order valence-electron chi connectivity index (χ0n) is 13.9. The van der Waals surface area contributed by atoms with Crippen LogP contribution in [0.5, 0.6) is 5.88 Å². The van der Waals surface area contributed by atoms with Gasteiger partial charge in [0.05, 0.1) is 12.6 Å². The predicted molar refractivity (Wildman–Crippen MR) is 93.0 cm³/mol. The lowest BCUT2D eigenvalue weighted by Gasteiger charge is -2.32. The van der Waals surface area contributed by atoms with Gasteiger partial charge in [0.2, 0.25) is 5.88 Å². The third-order valence-corrected chi connectivity index (χ3v) is 4.16. The Hall–Kier alpha value is -2.54. The summed E-state index contributed by atoms with van der Waals surface area (Å²) < 4.78 is 11.9. The number of hydrogen-bond donors (Lipinski definition) is 1. The molecule has 0 saturated carbocycles. The van der Waals surface area contributed by atoms with Crippen LogP contribution in [0.3, 0.4) is 0 Å². The van der Waals surface area contributed by atoms with Crippen LogP contribution in [-0.4, -0.2) is 28.2 Å². The van der Waals surface area contributed by atoms with Crippen molar-refractivity contribution >= 4 is 23.3 Å². The molecule has 1 aliphatic heterocycles. The van der Waals surface area contributed by atoms with Gasteiger partial charge in [-0.25, -0.2) is 4.98 Å². The first-order chi connectivity index (χ1) is 12.0. The van der Waals surface area contributed by atoms with Gasteiger partial charge in [-0.2, -0.15) is 0 Å². The Kier molecular flexibility index (Phi) is 4.94. The van der Waals surface area contributed by atoms with Crippen LogP contribution in [0.2, 0.25) is 5.02 Å². The summed E-state index contributed by atoms with van der Waals surface area (Å²) in [5.41, 5.74) is 0.775. The van der Waals surface area contributed by atoms with Gasteiger partial charge in [-0.15, -0.1) is 0 Å². The molecular weight excluding hydrogens is 346 g/mol. The second-order valence-electron chi connectivity index (χ2n) is 5.66. The summed E-state index contributed by atoms with van der Waals surface area (Å²) in [4.78, 5) is 28.4. The van der Waals surface area contributed by atoms with E-state index in [1.165, 1.54) is 10.9 Å². The molecule has 1 aliphatic rings. The van der Waals surface area contributed by atoms with Crippen LogP contribution in [0, 0.1) is 0 Å². The Labute approximate surface area is 149 Å². The number of aromatic nitrogens is 2. The number of nitrogens with one attached hydrogen (secondary N) is 1. The molecule has 7 nitrogen and oxygen atoms in total. The molecule has 1 aromatic heterocycles. The van der Waals surface area contributed by atoms with Gasteiger partial charge in [-0.1, -0.05) is 23.7 Å². The van der Waals surface area contributed by atoms with Crippen molar-refractivity contribution in [2.45, 2.75) is 32.5 Å². The highest BCUT2D eigenvalue weighted by molar-refractivity contribution is 6.30. The standard InChI is InChI=1S/C17H18ClN3O4/c1-3-24-13(22)8-21-9-19-16-15(17(21)23)20-14(10(2)25-16)11-4-6-12(18)7-5-11/h4-7,9-10,14,20H,3,8H2,1-2H3/t10-,14-/m0/s1. The van der Waals surface area contributed by atoms with E-state index in [9.17, 15) is 9.59 Å². The molecule has 1 N–H and O–H groups in total. The number of carbonyl (C=O) groups is 1. The minimum absolute atomic E-state index is 0.199. The van der Waals surface area contributed by atoms with E-state index in [-0.39, 0.29) is 42.4 Å². The van der Waals surface area contributed by atoms with Crippen LogP contribution < -0.4 is 15.6 Å². The number of esters is 1. The Bertz CT molecular complexity index is 835. The number of anilines is 1. The molecule has 0 spiro atoms. The highest BCUT2D eigenvalue weighted by atomic mass is 35.5. The fraction of sp³-hybridized carbons (Fsp3) is 0.353. The molecule has 0 radical (unpaired) electrons. The number of rotatable bonds is 4. The maximum atomic E-state index is 12.6. The van der Waals surface area contributed by atoms with Crippen molar-refractivity contribution in [3.63, 3.8) is 0 Å². The summed E-state index contributed by atoms with van der Waals surface area (Å²) in [5, 5.41) is 3.81.